The maximum atomic E-state index is 5.67. The van der Waals surface area contributed by atoms with Crippen molar-refractivity contribution in [2.24, 2.45) is 0 Å². The predicted octanol–water partition coefficient (Wildman–Crippen LogP) is 1.14. The Morgan fingerprint density at radius 2 is 2.35 bits per heavy atom. The molecule has 0 saturated carbocycles. The van der Waals surface area contributed by atoms with Gasteiger partial charge in [0.1, 0.15) is 6.61 Å². The summed E-state index contributed by atoms with van der Waals surface area (Å²) in [5.74, 6) is 2.03. The maximum Gasteiger partial charge on any atom is 0.204 e. The molecule has 1 N–H and O–H groups in total. The van der Waals surface area contributed by atoms with Crippen LogP contribution < -0.4 is 9.47 Å². The van der Waals surface area contributed by atoms with E-state index in [2.05, 4.69) is 20.6 Å². The molecular formula is C11H10N4O2. The fraction of sp³-hybridized carbons (Fsp3) is 0.182. The number of aromatic amines is 1. The van der Waals surface area contributed by atoms with Crippen LogP contribution in [-0.4, -0.2) is 34.3 Å². The summed E-state index contributed by atoms with van der Waals surface area (Å²) >= 11 is 0. The molecule has 1 aliphatic heterocycles. The van der Waals surface area contributed by atoms with Gasteiger partial charge in [-0.05, 0) is 17.4 Å². The first kappa shape index (κ1) is 9.83. The Labute approximate surface area is 97.3 Å². The second-order valence-electron chi connectivity index (χ2n) is 3.57. The van der Waals surface area contributed by atoms with Gasteiger partial charge in [-0.25, -0.2) is 0 Å². The van der Waals surface area contributed by atoms with E-state index in [1.807, 2.05) is 24.3 Å². The Hall–Kier alpha value is -2.37. The fourth-order valence-corrected chi connectivity index (χ4v) is 1.77. The van der Waals surface area contributed by atoms with Gasteiger partial charge in [-0.1, -0.05) is 12.1 Å². The Morgan fingerprint density at radius 3 is 3.12 bits per heavy atom. The van der Waals surface area contributed by atoms with Crippen LogP contribution in [0.15, 0.2) is 18.2 Å². The summed E-state index contributed by atoms with van der Waals surface area (Å²) in [6.45, 7) is 0.410. The van der Waals surface area contributed by atoms with Gasteiger partial charge in [0.25, 0.3) is 0 Å². The van der Waals surface area contributed by atoms with Crippen LogP contribution in [0.25, 0.3) is 11.6 Å². The second-order valence-corrected chi connectivity index (χ2v) is 3.57. The van der Waals surface area contributed by atoms with Gasteiger partial charge in [0.05, 0.1) is 7.11 Å². The van der Waals surface area contributed by atoms with Gasteiger partial charge in [-0.2, -0.15) is 5.21 Å². The molecule has 2 aromatic rings. The molecule has 0 amide bonds. The minimum absolute atomic E-state index is 0.410. The number of para-hydroxylation sites is 1. The predicted molar refractivity (Wildman–Crippen MR) is 60.5 cm³/mol. The number of H-pyrrole nitrogens is 1. The Kier molecular flexibility index (Phi) is 2.25. The SMILES string of the molecule is COc1cccc2c1OCC(c1nn[nH]n1)=C2. The van der Waals surface area contributed by atoms with Gasteiger partial charge in [0, 0.05) is 11.1 Å². The lowest BCUT2D eigenvalue weighted by molar-refractivity contribution is 0.327. The number of ether oxygens (including phenoxy) is 2. The van der Waals surface area contributed by atoms with E-state index in [-0.39, 0.29) is 0 Å². The van der Waals surface area contributed by atoms with Crippen molar-refractivity contribution in [2.75, 3.05) is 13.7 Å². The van der Waals surface area contributed by atoms with Crippen LogP contribution >= 0.6 is 0 Å². The standard InChI is InChI=1S/C11H10N4O2/c1-16-9-4-2-3-7-5-8(6-17-10(7)9)11-12-14-15-13-11/h2-5H,6H2,1H3,(H,12,13,14,15). The molecule has 1 aliphatic rings. The van der Waals surface area contributed by atoms with Gasteiger partial charge >= 0.3 is 0 Å². The highest BCUT2D eigenvalue weighted by Gasteiger charge is 2.18. The molecule has 17 heavy (non-hydrogen) atoms. The number of aromatic nitrogens is 4. The fourth-order valence-electron chi connectivity index (χ4n) is 1.77. The first-order chi connectivity index (χ1) is 8.38. The van der Waals surface area contributed by atoms with Gasteiger partial charge in [-0.3, -0.25) is 0 Å². The largest absolute Gasteiger partial charge is 0.493 e. The van der Waals surface area contributed by atoms with Crippen molar-refractivity contribution in [3.8, 4) is 11.5 Å². The number of rotatable bonds is 2. The summed E-state index contributed by atoms with van der Waals surface area (Å²) < 4.78 is 10.9. The number of methoxy groups -OCH3 is 1. The number of hydrogen-bond donors (Lipinski definition) is 1. The van der Waals surface area contributed by atoms with E-state index in [1.165, 1.54) is 0 Å². The molecule has 1 aromatic heterocycles. The molecular weight excluding hydrogens is 220 g/mol. The van der Waals surface area contributed by atoms with E-state index in [0.29, 0.717) is 12.4 Å². The molecule has 6 heteroatoms. The highest BCUT2D eigenvalue weighted by Crippen LogP contribution is 2.36. The lowest BCUT2D eigenvalue weighted by atomic mass is 10.1. The number of hydrogen-bond acceptors (Lipinski definition) is 5. The number of fused-ring (bicyclic) bond motifs is 1. The van der Waals surface area contributed by atoms with Crippen molar-refractivity contribution < 1.29 is 9.47 Å². The summed E-state index contributed by atoms with van der Waals surface area (Å²) in [4.78, 5) is 0. The average Bonchev–Trinajstić information content (AvgIpc) is 2.91. The molecule has 0 unspecified atom stereocenters. The van der Waals surface area contributed by atoms with Gasteiger partial charge < -0.3 is 9.47 Å². The molecule has 0 saturated heterocycles. The third-order valence-corrected chi connectivity index (χ3v) is 2.56. The summed E-state index contributed by atoms with van der Waals surface area (Å²) in [7, 11) is 1.62. The van der Waals surface area contributed by atoms with Crippen molar-refractivity contribution in [1.82, 2.24) is 20.6 Å². The maximum absolute atomic E-state index is 5.67. The minimum Gasteiger partial charge on any atom is -0.493 e. The van der Waals surface area contributed by atoms with Crippen LogP contribution in [0.4, 0.5) is 0 Å². The Bertz CT molecular complexity index is 563. The molecule has 6 nitrogen and oxygen atoms in total. The van der Waals surface area contributed by atoms with E-state index >= 15 is 0 Å². The molecule has 86 valence electrons. The normalized spacial score (nSPS) is 13.6. The molecule has 2 heterocycles. The summed E-state index contributed by atoms with van der Waals surface area (Å²) in [5.41, 5.74) is 1.84. The van der Waals surface area contributed by atoms with Crippen LogP contribution in [0.3, 0.4) is 0 Å². The minimum atomic E-state index is 0.410. The molecule has 0 aliphatic carbocycles. The van der Waals surface area contributed by atoms with Crippen LogP contribution in [0, 0.1) is 0 Å². The molecule has 0 radical (unpaired) electrons. The molecule has 1 aromatic carbocycles. The first-order valence-corrected chi connectivity index (χ1v) is 5.12. The Balaban J connectivity index is 2.06. The smallest absolute Gasteiger partial charge is 0.204 e. The zero-order valence-corrected chi connectivity index (χ0v) is 9.17. The van der Waals surface area contributed by atoms with Crippen molar-refractivity contribution in [3.63, 3.8) is 0 Å². The number of benzene rings is 1. The third-order valence-electron chi connectivity index (χ3n) is 2.56. The summed E-state index contributed by atoms with van der Waals surface area (Å²) in [6.07, 6.45) is 1.98. The van der Waals surface area contributed by atoms with Crippen LogP contribution in [0.2, 0.25) is 0 Å². The number of nitrogens with zero attached hydrogens (tertiary/aromatic N) is 3. The monoisotopic (exact) mass is 230 g/mol. The molecule has 0 fully saturated rings. The average molecular weight is 230 g/mol. The van der Waals surface area contributed by atoms with Gasteiger partial charge in [-0.15, -0.1) is 10.2 Å². The molecule has 0 spiro atoms. The topological polar surface area (TPSA) is 72.9 Å². The van der Waals surface area contributed by atoms with Crippen LogP contribution in [0.5, 0.6) is 11.5 Å². The molecule has 0 atom stereocenters. The lowest BCUT2D eigenvalue weighted by Gasteiger charge is -2.18. The number of nitrogens with one attached hydrogen (secondary N) is 1. The molecule has 0 bridgehead atoms. The van der Waals surface area contributed by atoms with E-state index in [0.717, 1.165) is 22.6 Å². The third kappa shape index (κ3) is 1.63. The van der Waals surface area contributed by atoms with Gasteiger partial charge in [0.2, 0.25) is 5.82 Å². The first-order valence-electron chi connectivity index (χ1n) is 5.12. The van der Waals surface area contributed by atoms with E-state index in [1.54, 1.807) is 7.11 Å². The van der Waals surface area contributed by atoms with Crippen LogP contribution in [0.1, 0.15) is 11.4 Å². The number of tetrazole rings is 1. The van der Waals surface area contributed by atoms with Crippen molar-refractivity contribution >= 4 is 11.6 Å². The van der Waals surface area contributed by atoms with Crippen molar-refractivity contribution in [1.29, 1.82) is 0 Å². The van der Waals surface area contributed by atoms with E-state index in [4.69, 9.17) is 9.47 Å². The highest BCUT2D eigenvalue weighted by molar-refractivity contribution is 5.84. The van der Waals surface area contributed by atoms with Crippen LogP contribution in [-0.2, 0) is 0 Å². The van der Waals surface area contributed by atoms with E-state index in [9.17, 15) is 0 Å². The quantitative estimate of drug-likeness (QED) is 0.837. The Morgan fingerprint density at radius 1 is 1.41 bits per heavy atom. The van der Waals surface area contributed by atoms with E-state index < -0.39 is 0 Å². The van der Waals surface area contributed by atoms with Gasteiger partial charge in [0.15, 0.2) is 11.5 Å². The summed E-state index contributed by atoms with van der Waals surface area (Å²) in [6, 6.07) is 5.74. The van der Waals surface area contributed by atoms with Crippen molar-refractivity contribution in [2.45, 2.75) is 0 Å². The second kappa shape index (κ2) is 3.89. The zero-order chi connectivity index (χ0) is 11.7. The van der Waals surface area contributed by atoms with Crippen molar-refractivity contribution in [3.05, 3.63) is 29.6 Å². The summed E-state index contributed by atoms with van der Waals surface area (Å²) in [5, 5.41) is 13.8. The highest BCUT2D eigenvalue weighted by atomic mass is 16.5. The zero-order valence-electron chi connectivity index (χ0n) is 9.17. The molecule has 3 rings (SSSR count). The lowest BCUT2D eigenvalue weighted by Crippen LogP contribution is -2.08.